The van der Waals surface area contributed by atoms with E-state index in [-0.39, 0.29) is 29.2 Å². The highest BCUT2D eigenvalue weighted by Crippen LogP contribution is 2.40. The number of aryl methyl sites for hydroxylation is 1. The Morgan fingerprint density at radius 3 is 2.57 bits per heavy atom. The average Bonchev–Trinajstić information content (AvgIpc) is 2.63. The molecule has 2 saturated heterocycles. The molecule has 0 unspecified atom stereocenters. The summed E-state index contributed by atoms with van der Waals surface area (Å²) in [5, 5.41) is 18.8. The van der Waals surface area contributed by atoms with Gasteiger partial charge in [-0.25, -0.2) is 9.18 Å². The smallest absolute Gasteiger partial charge is 0.407 e. The van der Waals surface area contributed by atoms with E-state index in [0.29, 0.717) is 37.3 Å². The van der Waals surface area contributed by atoms with Gasteiger partial charge in [0, 0.05) is 26.2 Å². The summed E-state index contributed by atoms with van der Waals surface area (Å²) in [5.41, 5.74) is 1.76. The van der Waals surface area contributed by atoms with Crippen molar-refractivity contribution in [2.45, 2.75) is 52.9 Å². The van der Waals surface area contributed by atoms with Crippen molar-refractivity contribution < 1.29 is 19.0 Å². The first kappa shape index (κ1) is 20.6. The fourth-order valence-electron chi connectivity index (χ4n) is 4.39. The Hall–Kier alpha value is -2.17. The van der Waals surface area contributed by atoms with E-state index in [1.54, 1.807) is 19.9 Å². The van der Waals surface area contributed by atoms with Crippen LogP contribution in [0.4, 0.5) is 9.18 Å². The molecule has 0 saturated carbocycles. The van der Waals surface area contributed by atoms with E-state index in [4.69, 9.17) is 4.74 Å². The largest absolute Gasteiger partial charge is 0.465 e. The second-order valence-corrected chi connectivity index (χ2v) is 8.91. The van der Waals surface area contributed by atoms with E-state index in [2.05, 4.69) is 25.7 Å². The zero-order valence-electron chi connectivity index (χ0n) is 17.1. The van der Waals surface area contributed by atoms with Crippen molar-refractivity contribution in [1.29, 1.82) is 5.26 Å². The van der Waals surface area contributed by atoms with Crippen molar-refractivity contribution in [1.82, 2.24) is 9.80 Å². The molecule has 28 heavy (non-hydrogen) atoms. The van der Waals surface area contributed by atoms with Gasteiger partial charge in [-0.1, -0.05) is 26.8 Å². The van der Waals surface area contributed by atoms with Gasteiger partial charge in [0.15, 0.2) is 0 Å². The van der Waals surface area contributed by atoms with Gasteiger partial charge in [0.1, 0.15) is 11.9 Å². The lowest BCUT2D eigenvalue weighted by molar-refractivity contribution is -0.173. The molecule has 1 aromatic rings. The molecule has 3 atom stereocenters. The standard InChI is InChI=1S/C21H28FN3O3/c1-12-8-14(13(2)15(9-23)18(12)22)17-11-24-6-7-25(20(26)27)10-16(24)19(28-17)21(3,4)5/h8,16-17,19H,6-7,10-11H2,1-5H3,(H,26,27)/t16-,17+,19+/m1/s1. The molecular weight excluding hydrogens is 361 g/mol. The summed E-state index contributed by atoms with van der Waals surface area (Å²) in [5.74, 6) is -0.472. The Labute approximate surface area is 165 Å². The highest BCUT2D eigenvalue weighted by atomic mass is 19.1. The van der Waals surface area contributed by atoms with Crippen molar-refractivity contribution in [2.24, 2.45) is 5.41 Å². The minimum Gasteiger partial charge on any atom is -0.465 e. The molecule has 6 nitrogen and oxygen atoms in total. The first-order valence-corrected chi connectivity index (χ1v) is 9.61. The summed E-state index contributed by atoms with van der Waals surface area (Å²) in [7, 11) is 0. The molecule has 0 aliphatic carbocycles. The number of hydrogen-bond acceptors (Lipinski definition) is 4. The Balaban J connectivity index is 1.98. The second-order valence-electron chi connectivity index (χ2n) is 8.91. The summed E-state index contributed by atoms with van der Waals surface area (Å²) in [6.07, 6.45) is -1.38. The number of amides is 1. The van der Waals surface area contributed by atoms with Crippen LogP contribution in [0.15, 0.2) is 6.07 Å². The number of piperazine rings is 1. The molecule has 2 fully saturated rings. The molecule has 2 aliphatic heterocycles. The van der Waals surface area contributed by atoms with Crippen molar-refractivity contribution in [2.75, 3.05) is 26.2 Å². The van der Waals surface area contributed by atoms with E-state index >= 15 is 0 Å². The van der Waals surface area contributed by atoms with E-state index < -0.39 is 11.9 Å². The summed E-state index contributed by atoms with van der Waals surface area (Å²) in [6.45, 7) is 11.8. The van der Waals surface area contributed by atoms with Crippen LogP contribution in [0.5, 0.6) is 0 Å². The highest BCUT2D eigenvalue weighted by molar-refractivity contribution is 5.65. The lowest BCUT2D eigenvalue weighted by atomic mass is 9.81. The van der Waals surface area contributed by atoms with Gasteiger partial charge in [0.25, 0.3) is 0 Å². The SMILES string of the molecule is Cc1cc([C@@H]2CN3CCN(C(=O)O)C[C@@H]3[C@@H](C(C)(C)C)O2)c(C)c(C#N)c1F. The van der Waals surface area contributed by atoms with Gasteiger partial charge < -0.3 is 14.7 Å². The molecule has 2 heterocycles. The van der Waals surface area contributed by atoms with Crippen LogP contribution >= 0.6 is 0 Å². The maximum Gasteiger partial charge on any atom is 0.407 e. The van der Waals surface area contributed by atoms with Crippen LogP contribution in [0.25, 0.3) is 0 Å². The quantitative estimate of drug-likeness (QED) is 0.796. The van der Waals surface area contributed by atoms with Crippen LogP contribution < -0.4 is 0 Å². The van der Waals surface area contributed by atoms with Gasteiger partial charge in [-0.2, -0.15) is 5.26 Å². The van der Waals surface area contributed by atoms with Gasteiger partial charge in [-0.3, -0.25) is 4.90 Å². The first-order chi connectivity index (χ1) is 13.0. The van der Waals surface area contributed by atoms with Crippen molar-refractivity contribution in [3.8, 4) is 6.07 Å². The third-order valence-electron chi connectivity index (χ3n) is 5.92. The van der Waals surface area contributed by atoms with Crippen LogP contribution in [0.1, 0.15) is 49.1 Å². The molecule has 2 aliphatic rings. The number of rotatable bonds is 1. The predicted molar refractivity (Wildman–Crippen MR) is 103 cm³/mol. The number of fused-ring (bicyclic) bond motifs is 1. The highest BCUT2D eigenvalue weighted by Gasteiger charge is 2.46. The lowest BCUT2D eigenvalue weighted by Gasteiger charge is -2.53. The first-order valence-electron chi connectivity index (χ1n) is 9.61. The van der Waals surface area contributed by atoms with Crippen molar-refractivity contribution in [3.63, 3.8) is 0 Å². The van der Waals surface area contributed by atoms with Crippen LogP contribution in [-0.4, -0.2) is 59.3 Å². The number of ether oxygens (including phenoxy) is 1. The van der Waals surface area contributed by atoms with Crippen molar-refractivity contribution >= 4 is 6.09 Å². The summed E-state index contributed by atoms with van der Waals surface area (Å²) >= 11 is 0. The van der Waals surface area contributed by atoms with Gasteiger partial charge in [-0.05, 0) is 36.0 Å². The van der Waals surface area contributed by atoms with Gasteiger partial charge in [0.05, 0.1) is 23.8 Å². The Kier molecular flexibility index (Phi) is 5.39. The molecular formula is C21H28FN3O3. The number of benzene rings is 1. The second kappa shape index (κ2) is 7.34. The Morgan fingerprint density at radius 1 is 1.32 bits per heavy atom. The minimum atomic E-state index is -0.905. The zero-order valence-corrected chi connectivity index (χ0v) is 17.1. The normalized spacial score (nSPS) is 25.9. The molecule has 152 valence electrons. The predicted octanol–water partition coefficient (Wildman–Crippen LogP) is 3.46. The molecule has 0 radical (unpaired) electrons. The van der Waals surface area contributed by atoms with Crippen LogP contribution in [0.3, 0.4) is 0 Å². The van der Waals surface area contributed by atoms with Crippen LogP contribution in [0.2, 0.25) is 0 Å². The number of nitriles is 1. The van der Waals surface area contributed by atoms with Crippen molar-refractivity contribution in [3.05, 3.63) is 34.1 Å². The molecule has 0 spiro atoms. The molecule has 1 N–H and O–H groups in total. The number of nitrogens with zero attached hydrogens (tertiary/aromatic N) is 3. The molecule has 0 aromatic heterocycles. The maximum atomic E-state index is 14.3. The fourth-order valence-corrected chi connectivity index (χ4v) is 4.39. The van der Waals surface area contributed by atoms with E-state index in [0.717, 1.165) is 5.56 Å². The maximum absolute atomic E-state index is 14.3. The van der Waals surface area contributed by atoms with Crippen LogP contribution in [0, 0.1) is 36.4 Å². The summed E-state index contributed by atoms with van der Waals surface area (Å²) in [6, 6.07) is 3.74. The van der Waals surface area contributed by atoms with Gasteiger partial charge >= 0.3 is 6.09 Å². The topological polar surface area (TPSA) is 76.8 Å². The minimum absolute atomic E-state index is 0.0293. The fraction of sp³-hybridized carbons (Fsp3) is 0.619. The van der Waals surface area contributed by atoms with Crippen LogP contribution in [-0.2, 0) is 4.74 Å². The van der Waals surface area contributed by atoms with E-state index in [9.17, 15) is 19.6 Å². The third-order valence-corrected chi connectivity index (χ3v) is 5.92. The van der Waals surface area contributed by atoms with Gasteiger partial charge in [0.2, 0.25) is 0 Å². The summed E-state index contributed by atoms with van der Waals surface area (Å²) < 4.78 is 20.8. The molecule has 0 bridgehead atoms. The molecule has 3 rings (SSSR count). The number of halogens is 1. The average molecular weight is 389 g/mol. The number of morpholine rings is 1. The number of carbonyl (C=O) groups is 1. The molecule has 7 heteroatoms. The Morgan fingerprint density at radius 2 is 2.00 bits per heavy atom. The lowest BCUT2D eigenvalue weighted by Crippen LogP contribution is -2.65. The molecule has 1 amide bonds. The van der Waals surface area contributed by atoms with Gasteiger partial charge in [-0.15, -0.1) is 0 Å². The number of carboxylic acid groups (broad SMARTS) is 1. The molecule has 1 aromatic carbocycles. The van der Waals surface area contributed by atoms with E-state index in [1.165, 1.54) is 4.90 Å². The number of hydrogen-bond donors (Lipinski definition) is 1. The third kappa shape index (κ3) is 3.59. The zero-order chi connectivity index (χ0) is 20.8. The summed E-state index contributed by atoms with van der Waals surface area (Å²) in [4.78, 5) is 15.2. The van der Waals surface area contributed by atoms with E-state index in [1.807, 2.05) is 6.07 Å². The monoisotopic (exact) mass is 389 g/mol. The Bertz CT molecular complexity index is 828.